The lowest BCUT2D eigenvalue weighted by molar-refractivity contribution is -0.133. The van der Waals surface area contributed by atoms with E-state index in [4.69, 9.17) is 9.47 Å². The van der Waals surface area contributed by atoms with Gasteiger partial charge in [-0.05, 0) is 36.4 Å². The molecule has 1 aliphatic heterocycles. The Kier molecular flexibility index (Phi) is 5.07. The molecule has 3 aromatic rings. The first-order valence-corrected chi connectivity index (χ1v) is 9.17. The number of nitrogens with one attached hydrogen (secondary N) is 2. The number of ether oxygens (including phenoxy) is 2. The Morgan fingerprint density at radius 3 is 2.97 bits per heavy atom. The molecule has 0 spiro atoms. The molecule has 4 rings (SSSR count). The first-order valence-electron chi connectivity index (χ1n) is 9.17. The van der Waals surface area contributed by atoms with Crippen molar-refractivity contribution in [2.75, 3.05) is 26.8 Å². The maximum Gasteiger partial charge on any atom is 0.267 e. The Morgan fingerprint density at radius 1 is 1.28 bits per heavy atom. The summed E-state index contributed by atoms with van der Waals surface area (Å²) >= 11 is 0. The number of hydrogen-bond donors (Lipinski definition) is 2. The fourth-order valence-electron chi connectivity index (χ4n) is 3.30. The summed E-state index contributed by atoms with van der Waals surface area (Å²) in [5.74, 6) is 0.328. The highest BCUT2D eigenvalue weighted by molar-refractivity contribution is 5.98. The van der Waals surface area contributed by atoms with Crippen molar-refractivity contribution in [3.8, 4) is 11.5 Å². The molecule has 7 nitrogen and oxygen atoms in total. The second-order valence-corrected chi connectivity index (χ2v) is 6.75. The molecule has 0 radical (unpaired) electrons. The Labute approximate surface area is 166 Å². The minimum absolute atomic E-state index is 0.115. The van der Waals surface area contributed by atoms with E-state index in [1.54, 1.807) is 18.1 Å². The van der Waals surface area contributed by atoms with E-state index in [9.17, 15) is 14.0 Å². The molecule has 0 saturated heterocycles. The lowest BCUT2D eigenvalue weighted by Gasteiger charge is -2.20. The van der Waals surface area contributed by atoms with Crippen LogP contribution in [0.3, 0.4) is 0 Å². The SMILES string of the molecule is COc1ccc2cc(C(=O)NCCN3Cc4cc(F)ccc4OCC3=O)[nH]c2c1. The largest absolute Gasteiger partial charge is 0.497 e. The number of aromatic nitrogens is 1. The zero-order valence-electron chi connectivity index (χ0n) is 15.8. The van der Waals surface area contributed by atoms with Gasteiger partial charge in [-0.3, -0.25) is 9.59 Å². The van der Waals surface area contributed by atoms with Crippen molar-refractivity contribution in [1.82, 2.24) is 15.2 Å². The fourth-order valence-corrected chi connectivity index (χ4v) is 3.30. The van der Waals surface area contributed by atoms with E-state index in [1.807, 2.05) is 18.2 Å². The van der Waals surface area contributed by atoms with Crippen molar-refractivity contribution in [3.05, 3.63) is 59.5 Å². The van der Waals surface area contributed by atoms with Crippen LogP contribution in [0.2, 0.25) is 0 Å². The van der Waals surface area contributed by atoms with E-state index in [0.29, 0.717) is 22.8 Å². The molecule has 1 aliphatic rings. The molecule has 0 unspecified atom stereocenters. The zero-order chi connectivity index (χ0) is 20.4. The Morgan fingerprint density at radius 2 is 2.14 bits per heavy atom. The molecule has 2 heterocycles. The van der Waals surface area contributed by atoms with Crippen molar-refractivity contribution in [3.63, 3.8) is 0 Å². The summed E-state index contributed by atoms with van der Waals surface area (Å²) in [6, 6.07) is 11.5. The van der Waals surface area contributed by atoms with Gasteiger partial charge in [0.2, 0.25) is 0 Å². The van der Waals surface area contributed by atoms with Crippen molar-refractivity contribution in [1.29, 1.82) is 0 Å². The minimum atomic E-state index is -0.384. The molecule has 0 fully saturated rings. The van der Waals surface area contributed by atoms with Crippen molar-refractivity contribution < 1.29 is 23.5 Å². The number of nitrogens with zero attached hydrogens (tertiary/aromatic N) is 1. The molecular formula is C21H20FN3O4. The van der Waals surface area contributed by atoms with Gasteiger partial charge in [0.1, 0.15) is 23.0 Å². The Hall–Kier alpha value is -3.55. The highest BCUT2D eigenvalue weighted by Gasteiger charge is 2.22. The van der Waals surface area contributed by atoms with Gasteiger partial charge in [0.05, 0.1) is 7.11 Å². The molecule has 2 amide bonds. The molecule has 2 N–H and O–H groups in total. The number of H-pyrrole nitrogens is 1. The maximum atomic E-state index is 13.5. The second-order valence-electron chi connectivity index (χ2n) is 6.75. The van der Waals surface area contributed by atoms with Crippen LogP contribution in [-0.4, -0.2) is 48.5 Å². The molecule has 150 valence electrons. The van der Waals surface area contributed by atoms with Gasteiger partial charge in [-0.15, -0.1) is 0 Å². The van der Waals surface area contributed by atoms with Crippen LogP contribution in [0, 0.1) is 5.82 Å². The smallest absolute Gasteiger partial charge is 0.267 e. The second kappa shape index (κ2) is 7.83. The van der Waals surface area contributed by atoms with Crippen LogP contribution in [0.25, 0.3) is 10.9 Å². The highest BCUT2D eigenvalue weighted by Crippen LogP contribution is 2.24. The zero-order valence-corrected chi connectivity index (χ0v) is 15.8. The number of amides is 2. The van der Waals surface area contributed by atoms with Gasteiger partial charge in [-0.2, -0.15) is 0 Å². The molecule has 29 heavy (non-hydrogen) atoms. The number of benzene rings is 2. The third-order valence-corrected chi connectivity index (χ3v) is 4.83. The molecule has 8 heteroatoms. The summed E-state index contributed by atoms with van der Waals surface area (Å²) in [5.41, 5.74) is 1.82. The van der Waals surface area contributed by atoms with Crippen LogP contribution in [0.5, 0.6) is 11.5 Å². The van der Waals surface area contributed by atoms with E-state index in [-0.39, 0.29) is 43.9 Å². The van der Waals surface area contributed by atoms with E-state index in [1.165, 1.54) is 18.2 Å². The van der Waals surface area contributed by atoms with Crippen LogP contribution >= 0.6 is 0 Å². The number of fused-ring (bicyclic) bond motifs is 2. The van der Waals surface area contributed by atoms with Gasteiger partial charge in [-0.25, -0.2) is 4.39 Å². The molecule has 2 aromatic carbocycles. The summed E-state index contributed by atoms with van der Waals surface area (Å²) < 4.78 is 24.1. The summed E-state index contributed by atoms with van der Waals surface area (Å²) in [6.07, 6.45) is 0. The van der Waals surface area contributed by atoms with Crippen LogP contribution in [0.15, 0.2) is 42.5 Å². The van der Waals surface area contributed by atoms with Gasteiger partial charge in [0.25, 0.3) is 11.8 Å². The van der Waals surface area contributed by atoms with Gasteiger partial charge < -0.3 is 24.7 Å². The third kappa shape index (κ3) is 4.01. The van der Waals surface area contributed by atoms with Crippen molar-refractivity contribution >= 4 is 22.7 Å². The first-order chi connectivity index (χ1) is 14.0. The quantitative estimate of drug-likeness (QED) is 0.693. The minimum Gasteiger partial charge on any atom is -0.497 e. The summed E-state index contributed by atoms with van der Waals surface area (Å²) in [4.78, 5) is 29.3. The van der Waals surface area contributed by atoms with Gasteiger partial charge in [-0.1, -0.05) is 0 Å². The molecular weight excluding hydrogens is 377 g/mol. The molecule has 0 bridgehead atoms. The van der Waals surface area contributed by atoms with Gasteiger partial charge in [0.15, 0.2) is 6.61 Å². The van der Waals surface area contributed by atoms with Crippen molar-refractivity contribution in [2.24, 2.45) is 0 Å². The highest BCUT2D eigenvalue weighted by atomic mass is 19.1. The van der Waals surface area contributed by atoms with E-state index in [0.717, 1.165) is 10.9 Å². The number of carbonyl (C=O) groups is 2. The van der Waals surface area contributed by atoms with Gasteiger partial charge >= 0.3 is 0 Å². The Bertz CT molecular complexity index is 1080. The molecule has 0 saturated carbocycles. The predicted molar refractivity (Wildman–Crippen MR) is 104 cm³/mol. The average Bonchev–Trinajstić information content (AvgIpc) is 3.08. The number of hydrogen-bond acceptors (Lipinski definition) is 4. The maximum absolute atomic E-state index is 13.5. The van der Waals surface area contributed by atoms with Crippen LogP contribution < -0.4 is 14.8 Å². The fraction of sp³-hybridized carbons (Fsp3) is 0.238. The number of methoxy groups -OCH3 is 1. The summed E-state index contributed by atoms with van der Waals surface area (Å²) in [5, 5.41) is 3.70. The van der Waals surface area contributed by atoms with E-state index in [2.05, 4.69) is 10.3 Å². The van der Waals surface area contributed by atoms with Crippen LogP contribution in [0.1, 0.15) is 16.1 Å². The van der Waals surface area contributed by atoms with E-state index < -0.39 is 0 Å². The first kappa shape index (κ1) is 18.8. The monoisotopic (exact) mass is 397 g/mol. The lowest BCUT2D eigenvalue weighted by atomic mass is 10.2. The number of carbonyl (C=O) groups excluding carboxylic acids is 2. The van der Waals surface area contributed by atoms with Crippen LogP contribution in [0.4, 0.5) is 4.39 Å². The van der Waals surface area contributed by atoms with Crippen molar-refractivity contribution in [2.45, 2.75) is 6.54 Å². The predicted octanol–water partition coefficient (Wildman–Crippen LogP) is 2.47. The number of halogens is 1. The molecule has 0 atom stereocenters. The lowest BCUT2D eigenvalue weighted by Crippen LogP contribution is -2.39. The van der Waals surface area contributed by atoms with E-state index >= 15 is 0 Å². The average molecular weight is 397 g/mol. The normalized spacial score (nSPS) is 13.6. The van der Waals surface area contributed by atoms with Crippen LogP contribution in [-0.2, 0) is 11.3 Å². The van der Waals surface area contributed by atoms with Gasteiger partial charge in [0, 0.05) is 42.2 Å². The number of aromatic amines is 1. The Balaban J connectivity index is 1.39. The standard InChI is InChI=1S/C21H20FN3O4/c1-28-16-4-2-13-9-18(24-17(13)10-16)21(27)23-6-7-25-11-14-8-15(22)3-5-19(14)29-12-20(25)26/h2-5,8-10,24H,6-7,11-12H2,1H3,(H,23,27). The molecule has 0 aliphatic carbocycles. The molecule has 1 aromatic heterocycles. The summed E-state index contributed by atoms with van der Waals surface area (Å²) in [6.45, 7) is 0.663. The number of rotatable bonds is 5. The summed E-state index contributed by atoms with van der Waals surface area (Å²) in [7, 11) is 1.58. The third-order valence-electron chi connectivity index (χ3n) is 4.83. The topological polar surface area (TPSA) is 83.7 Å².